The predicted molar refractivity (Wildman–Crippen MR) is 91.3 cm³/mol. The van der Waals surface area contributed by atoms with Crippen molar-refractivity contribution in [1.82, 2.24) is 5.32 Å². The number of ether oxygens (including phenoxy) is 2. The van der Waals surface area contributed by atoms with E-state index in [2.05, 4.69) is 5.32 Å². The summed E-state index contributed by atoms with van der Waals surface area (Å²) in [5.41, 5.74) is 0.928. The van der Waals surface area contributed by atoms with Gasteiger partial charge in [0.15, 0.2) is 0 Å². The van der Waals surface area contributed by atoms with Crippen molar-refractivity contribution in [1.29, 1.82) is 0 Å². The second-order valence-electron chi connectivity index (χ2n) is 5.46. The number of hydrogen-bond acceptors (Lipinski definition) is 5. The van der Waals surface area contributed by atoms with Crippen LogP contribution < -0.4 is 5.32 Å². The van der Waals surface area contributed by atoms with Gasteiger partial charge < -0.3 is 9.47 Å². The quantitative estimate of drug-likeness (QED) is 0.735. The van der Waals surface area contributed by atoms with E-state index in [0.29, 0.717) is 6.61 Å². The van der Waals surface area contributed by atoms with E-state index >= 15 is 0 Å². The van der Waals surface area contributed by atoms with Gasteiger partial charge in [-0.3, -0.25) is 14.9 Å². The van der Waals surface area contributed by atoms with Crippen molar-refractivity contribution >= 4 is 24.3 Å². The normalized spacial score (nSPS) is 12.9. The predicted octanol–water partition coefficient (Wildman–Crippen LogP) is 2.72. The summed E-state index contributed by atoms with van der Waals surface area (Å²) in [5, 5.41) is 2.99. The minimum Gasteiger partial charge on any atom is -0.465 e. The maximum atomic E-state index is 12.2. The first kappa shape index (κ1) is 21.4. The number of carbonyl (C=O) groups excluding carboxylic acids is 2. The highest BCUT2D eigenvalue weighted by molar-refractivity contribution is 5.85. The van der Waals surface area contributed by atoms with Crippen molar-refractivity contribution in [3.63, 3.8) is 0 Å². The molecule has 2 atom stereocenters. The Morgan fingerprint density at radius 2 is 1.65 bits per heavy atom. The molecule has 0 amide bonds. The fourth-order valence-electron chi connectivity index (χ4n) is 1.96. The Bertz CT molecular complexity index is 479. The SMILES string of the molecule is CCOC(=O)[C@H](C)N[C@H](C(=O)OCc1ccccc1)C(C)C.Cl. The van der Waals surface area contributed by atoms with Crippen LogP contribution in [0.2, 0.25) is 0 Å². The first-order chi connectivity index (χ1) is 10.5. The first-order valence-electron chi connectivity index (χ1n) is 7.59. The van der Waals surface area contributed by atoms with Crippen LogP contribution in [0.4, 0.5) is 0 Å². The summed E-state index contributed by atoms with van der Waals surface area (Å²) in [6.45, 7) is 7.77. The van der Waals surface area contributed by atoms with Crippen LogP contribution in [0.15, 0.2) is 30.3 Å². The Hall–Kier alpha value is -1.59. The number of halogens is 1. The Labute approximate surface area is 144 Å². The fourth-order valence-corrected chi connectivity index (χ4v) is 1.96. The Morgan fingerprint density at radius 3 is 2.17 bits per heavy atom. The third kappa shape index (κ3) is 7.48. The molecule has 1 aromatic rings. The van der Waals surface area contributed by atoms with E-state index in [1.54, 1.807) is 13.8 Å². The lowest BCUT2D eigenvalue weighted by atomic mass is 10.0. The van der Waals surface area contributed by atoms with Crippen LogP contribution in [0.3, 0.4) is 0 Å². The van der Waals surface area contributed by atoms with Crippen LogP contribution in [0.5, 0.6) is 0 Å². The zero-order chi connectivity index (χ0) is 16.5. The molecule has 0 saturated carbocycles. The van der Waals surface area contributed by atoms with Gasteiger partial charge in [-0.25, -0.2) is 0 Å². The molecule has 0 saturated heterocycles. The highest BCUT2D eigenvalue weighted by atomic mass is 35.5. The molecule has 0 radical (unpaired) electrons. The molecule has 1 aromatic carbocycles. The van der Waals surface area contributed by atoms with E-state index in [9.17, 15) is 9.59 Å². The highest BCUT2D eigenvalue weighted by Crippen LogP contribution is 2.08. The second-order valence-corrected chi connectivity index (χ2v) is 5.46. The Kier molecular flexibility index (Phi) is 10.3. The minimum atomic E-state index is -0.559. The van der Waals surface area contributed by atoms with E-state index in [1.165, 1.54) is 0 Å². The smallest absolute Gasteiger partial charge is 0.323 e. The monoisotopic (exact) mass is 343 g/mol. The molecule has 23 heavy (non-hydrogen) atoms. The van der Waals surface area contributed by atoms with Crippen LogP contribution in [-0.2, 0) is 25.7 Å². The summed E-state index contributed by atoms with van der Waals surface area (Å²) < 4.78 is 10.3. The van der Waals surface area contributed by atoms with Crippen LogP contribution in [0.25, 0.3) is 0 Å². The summed E-state index contributed by atoms with van der Waals surface area (Å²) in [7, 11) is 0. The molecule has 0 aliphatic rings. The zero-order valence-electron chi connectivity index (χ0n) is 14.1. The topological polar surface area (TPSA) is 64.6 Å². The van der Waals surface area contributed by atoms with Crippen molar-refractivity contribution in [2.24, 2.45) is 5.92 Å². The van der Waals surface area contributed by atoms with Gasteiger partial charge in [0.05, 0.1) is 6.61 Å². The maximum absolute atomic E-state index is 12.2. The molecule has 0 aliphatic carbocycles. The third-order valence-electron chi connectivity index (χ3n) is 3.21. The molecular weight excluding hydrogens is 318 g/mol. The molecule has 6 heteroatoms. The van der Waals surface area contributed by atoms with Crippen LogP contribution in [0.1, 0.15) is 33.3 Å². The summed E-state index contributed by atoms with van der Waals surface area (Å²) in [6.07, 6.45) is 0. The summed E-state index contributed by atoms with van der Waals surface area (Å²) >= 11 is 0. The lowest BCUT2D eigenvalue weighted by molar-refractivity contribution is -0.150. The molecule has 1 N–H and O–H groups in total. The molecule has 5 nitrogen and oxygen atoms in total. The largest absolute Gasteiger partial charge is 0.465 e. The van der Waals surface area contributed by atoms with Crippen molar-refractivity contribution in [3.05, 3.63) is 35.9 Å². The standard InChI is InChI=1S/C17H25NO4.ClH/c1-5-21-16(19)13(4)18-15(12(2)3)17(20)22-11-14-9-7-6-8-10-14;/h6-10,12-13,15,18H,5,11H2,1-4H3;1H/t13-,15-;/m0./s1. The average molecular weight is 344 g/mol. The second kappa shape index (κ2) is 11.0. The maximum Gasteiger partial charge on any atom is 0.323 e. The van der Waals surface area contributed by atoms with Gasteiger partial charge >= 0.3 is 11.9 Å². The third-order valence-corrected chi connectivity index (χ3v) is 3.21. The van der Waals surface area contributed by atoms with E-state index in [-0.39, 0.29) is 36.9 Å². The lowest BCUT2D eigenvalue weighted by Crippen LogP contribution is -2.49. The van der Waals surface area contributed by atoms with E-state index in [4.69, 9.17) is 9.47 Å². The lowest BCUT2D eigenvalue weighted by Gasteiger charge is -2.24. The number of rotatable bonds is 8. The molecule has 0 unspecified atom stereocenters. The number of carbonyl (C=O) groups is 2. The van der Waals surface area contributed by atoms with Gasteiger partial charge in [-0.15, -0.1) is 12.4 Å². The van der Waals surface area contributed by atoms with Crippen molar-refractivity contribution in [2.45, 2.75) is 46.4 Å². The van der Waals surface area contributed by atoms with Gasteiger partial charge in [0.1, 0.15) is 18.7 Å². The van der Waals surface area contributed by atoms with Crippen molar-refractivity contribution in [3.8, 4) is 0 Å². The summed E-state index contributed by atoms with van der Waals surface area (Å²) in [6, 6.07) is 8.37. The number of benzene rings is 1. The van der Waals surface area contributed by atoms with Gasteiger partial charge in [-0.05, 0) is 25.3 Å². The van der Waals surface area contributed by atoms with Crippen LogP contribution >= 0.6 is 12.4 Å². The highest BCUT2D eigenvalue weighted by Gasteiger charge is 2.28. The average Bonchev–Trinajstić information content (AvgIpc) is 2.51. The molecule has 0 bridgehead atoms. The molecule has 130 valence electrons. The zero-order valence-corrected chi connectivity index (χ0v) is 14.9. The molecule has 0 spiro atoms. The number of esters is 2. The van der Waals surface area contributed by atoms with Gasteiger partial charge in [-0.1, -0.05) is 44.2 Å². The van der Waals surface area contributed by atoms with Crippen LogP contribution in [-0.4, -0.2) is 30.6 Å². The molecule has 0 aromatic heterocycles. The Balaban J connectivity index is 0.00000484. The molecule has 1 rings (SSSR count). The van der Waals surface area contributed by atoms with Crippen LogP contribution in [0, 0.1) is 5.92 Å². The van der Waals surface area contributed by atoms with E-state index in [0.717, 1.165) is 5.56 Å². The van der Waals surface area contributed by atoms with Gasteiger partial charge in [0.25, 0.3) is 0 Å². The fraction of sp³-hybridized carbons (Fsp3) is 0.529. The molecular formula is C17H26ClNO4. The van der Waals surface area contributed by atoms with Gasteiger partial charge in [0.2, 0.25) is 0 Å². The van der Waals surface area contributed by atoms with E-state index in [1.807, 2.05) is 44.2 Å². The van der Waals surface area contributed by atoms with Gasteiger partial charge in [-0.2, -0.15) is 0 Å². The van der Waals surface area contributed by atoms with E-state index < -0.39 is 12.1 Å². The molecule has 0 heterocycles. The minimum absolute atomic E-state index is 0. The summed E-state index contributed by atoms with van der Waals surface area (Å²) in [5.74, 6) is -0.737. The van der Waals surface area contributed by atoms with Crippen molar-refractivity contribution < 1.29 is 19.1 Å². The Morgan fingerprint density at radius 1 is 1.04 bits per heavy atom. The van der Waals surface area contributed by atoms with Crippen molar-refractivity contribution in [2.75, 3.05) is 6.61 Å². The summed E-state index contributed by atoms with van der Waals surface area (Å²) in [4.78, 5) is 23.9. The first-order valence-corrected chi connectivity index (χ1v) is 7.59. The molecule has 0 aliphatic heterocycles. The van der Waals surface area contributed by atoms with Gasteiger partial charge in [0, 0.05) is 0 Å². The number of hydrogen-bond donors (Lipinski definition) is 1. The number of nitrogens with one attached hydrogen (secondary N) is 1. The molecule has 0 fully saturated rings.